The van der Waals surface area contributed by atoms with Gasteiger partial charge in [0, 0.05) is 37.4 Å². The molecule has 2 aromatic rings. The molecule has 1 N–H and O–H groups in total. The minimum Gasteiger partial charge on any atom is -0.374 e. The van der Waals surface area contributed by atoms with Crippen LogP contribution in [0, 0.1) is 0 Å². The first-order valence-corrected chi connectivity index (χ1v) is 7.17. The van der Waals surface area contributed by atoms with Crippen molar-refractivity contribution in [3.63, 3.8) is 0 Å². The maximum atomic E-state index is 4.23. The molecule has 0 saturated carbocycles. The summed E-state index contributed by atoms with van der Waals surface area (Å²) in [4.78, 5) is 6.57. The number of hydrogen-bond acceptors (Lipinski definition) is 4. The molecule has 0 radical (unpaired) electrons. The van der Waals surface area contributed by atoms with Crippen LogP contribution in [-0.2, 0) is 13.0 Å². The van der Waals surface area contributed by atoms with E-state index in [4.69, 9.17) is 0 Å². The van der Waals surface area contributed by atoms with E-state index in [0.29, 0.717) is 0 Å². The zero-order valence-electron chi connectivity index (χ0n) is 10.5. The first-order valence-electron chi connectivity index (χ1n) is 6.29. The molecular formula is C14H17N3S. The Kier molecular flexibility index (Phi) is 3.19. The summed E-state index contributed by atoms with van der Waals surface area (Å²) >= 11 is 1.64. The van der Waals surface area contributed by atoms with E-state index in [2.05, 4.69) is 40.4 Å². The molecule has 0 fully saturated rings. The van der Waals surface area contributed by atoms with Crippen molar-refractivity contribution in [2.45, 2.75) is 19.4 Å². The number of aryl methyl sites for hydroxylation is 1. The minimum absolute atomic E-state index is 0.852. The molecule has 1 aliphatic heterocycles. The third kappa shape index (κ3) is 2.34. The molecule has 0 atom stereocenters. The Labute approximate surface area is 111 Å². The van der Waals surface area contributed by atoms with E-state index in [-0.39, 0.29) is 0 Å². The Hall–Kier alpha value is -1.55. The first kappa shape index (κ1) is 11.5. The molecule has 4 heteroatoms. The van der Waals surface area contributed by atoms with Crippen molar-refractivity contribution in [2.24, 2.45) is 0 Å². The van der Waals surface area contributed by atoms with Crippen molar-refractivity contribution in [1.29, 1.82) is 0 Å². The quantitative estimate of drug-likeness (QED) is 0.918. The van der Waals surface area contributed by atoms with Crippen LogP contribution in [0.4, 0.5) is 10.8 Å². The van der Waals surface area contributed by atoms with Gasteiger partial charge in [-0.05, 0) is 30.0 Å². The average molecular weight is 259 g/mol. The van der Waals surface area contributed by atoms with Gasteiger partial charge in [-0.2, -0.15) is 0 Å². The van der Waals surface area contributed by atoms with Gasteiger partial charge in [-0.3, -0.25) is 0 Å². The number of fused-ring (bicyclic) bond motifs is 1. The molecule has 3 nitrogen and oxygen atoms in total. The summed E-state index contributed by atoms with van der Waals surface area (Å²) in [6.07, 6.45) is 4.28. The highest BCUT2D eigenvalue weighted by Crippen LogP contribution is 2.27. The van der Waals surface area contributed by atoms with E-state index in [9.17, 15) is 0 Å². The predicted octanol–water partition coefficient (Wildman–Crippen LogP) is 3.14. The van der Waals surface area contributed by atoms with Crippen molar-refractivity contribution >= 4 is 22.2 Å². The second kappa shape index (κ2) is 4.98. The monoisotopic (exact) mass is 259 g/mol. The standard InChI is InChI=1S/C14H17N3S/c1-17-7-2-3-12-9-11(4-5-13(12)17)10-16-14-15-6-8-18-14/h4-6,8-9H,2-3,7,10H2,1H3,(H,15,16). The molecule has 0 bridgehead atoms. The summed E-state index contributed by atoms with van der Waals surface area (Å²) in [6.45, 7) is 2.02. The van der Waals surface area contributed by atoms with Crippen LogP contribution in [0.25, 0.3) is 0 Å². The number of benzene rings is 1. The van der Waals surface area contributed by atoms with Gasteiger partial charge in [-0.25, -0.2) is 4.98 Å². The van der Waals surface area contributed by atoms with E-state index in [0.717, 1.165) is 11.7 Å². The van der Waals surface area contributed by atoms with Gasteiger partial charge >= 0.3 is 0 Å². The molecule has 18 heavy (non-hydrogen) atoms. The number of thiazole rings is 1. The van der Waals surface area contributed by atoms with Crippen molar-refractivity contribution in [1.82, 2.24) is 4.98 Å². The van der Waals surface area contributed by atoms with Crippen LogP contribution in [0.1, 0.15) is 17.5 Å². The van der Waals surface area contributed by atoms with Crippen molar-refractivity contribution in [3.05, 3.63) is 40.9 Å². The van der Waals surface area contributed by atoms with Crippen LogP contribution in [0.5, 0.6) is 0 Å². The third-order valence-corrected chi connectivity index (χ3v) is 4.10. The van der Waals surface area contributed by atoms with E-state index >= 15 is 0 Å². The molecule has 0 saturated heterocycles. The lowest BCUT2D eigenvalue weighted by Gasteiger charge is -2.27. The lowest BCUT2D eigenvalue weighted by molar-refractivity contribution is 0.743. The first-order chi connectivity index (χ1) is 8.83. The number of nitrogens with one attached hydrogen (secondary N) is 1. The second-order valence-electron chi connectivity index (χ2n) is 4.68. The molecule has 0 amide bonds. The number of nitrogens with zero attached hydrogens (tertiary/aromatic N) is 2. The van der Waals surface area contributed by atoms with Crippen molar-refractivity contribution in [2.75, 3.05) is 23.8 Å². The lowest BCUT2D eigenvalue weighted by Crippen LogP contribution is -2.24. The van der Waals surface area contributed by atoms with Gasteiger partial charge in [0.05, 0.1) is 0 Å². The van der Waals surface area contributed by atoms with E-state index in [1.165, 1.54) is 36.2 Å². The van der Waals surface area contributed by atoms with Gasteiger partial charge in [-0.15, -0.1) is 11.3 Å². The van der Waals surface area contributed by atoms with E-state index in [1.54, 1.807) is 11.3 Å². The van der Waals surface area contributed by atoms with Crippen LogP contribution in [0.3, 0.4) is 0 Å². The van der Waals surface area contributed by atoms with Crippen LogP contribution < -0.4 is 10.2 Å². The Morgan fingerprint density at radius 3 is 3.22 bits per heavy atom. The molecule has 3 rings (SSSR count). The largest absolute Gasteiger partial charge is 0.374 e. The summed E-state index contributed by atoms with van der Waals surface area (Å²) in [5.41, 5.74) is 4.20. The summed E-state index contributed by atoms with van der Waals surface area (Å²) in [5, 5.41) is 6.33. The van der Waals surface area contributed by atoms with Crippen LogP contribution in [0.15, 0.2) is 29.8 Å². The van der Waals surface area contributed by atoms with Gasteiger partial charge < -0.3 is 10.2 Å². The molecular weight excluding hydrogens is 242 g/mol. The van der Waals surface area contributed by atoms with Gasteiger partial charge in [0.1, 0.15) is 0 Å². The van der Waals surface area contributed by atoms with E-state index in [1.807, 2.05) is 11.6 Å². The van der Waals surface area contributed by atoms with Gasteiger partial charge in [0.2, 0.25) is 0 Å². The fourth-order valence-electron chi connectivity index (χ4n) is 2.44. The predicted molar refractivity (Wildman–Crippen MR) is 77.5 cm³/mol. The topological polar surface area (TPSA) is 28.2 Å². The normalized spacial score (nSPS) is 14.4. The van der Waals surface area contributed by atoms with Gasteiger partial charge in [0.25, 0.3) is 0 Å². The van der Waals surface area contributed by atoms with E-state index < -0.39 is 0 Å². The maximum Gasteiger partial charge on any atom is 0.182 e. The number of hydrogen-bond donors (Lipinski definition) is 1. The Morgan fingerprint density at radius 1 is 1.44 bits per heavy atom. The summed E-state index contributed by atoms with van der Waals surface area (Å²) in [5.74, 6) is 0. The molecule has 0 unspecified atom stereocenters. The Balaban J connectivity index is 1.74. The summed E-state index contributed by atoms with van der Waals surface area (Å²) < 4.78 is 0. The zero-order valence-corrected chi connectivity index (χ0v) is 11.3. The minimum atomic E-state index is 0.852. The average Bonchev–Trinajstić information content (AvgIpc) is 2.90. The summed E-state index contributed by atoms with van der Waals surface area (Å²) in [6, 6.07) is 6.78. The highest BCUT2D eigenvalue weighted by molar-refractivity contribution is 7.13. The second-order valence-corrected chi connectivity index (χ2v) is 5.57. The molecule has 1 aromatic carbocycles. The van der Waals surface area contributed by atoms with Crippen LogP contribution in [0.2, 0.25) is 0 Å². The lowest BCUT2D eigenvalue weighted by atomic mass is 10.00. The highest BCUT2D eigenvalue weighted by atomic mass is 32.1. The molecule has 94 valence electrons. The molecule has 1 aliphatic rings. The highest BCUT2D eigenvalue weighted by Gasteiger charge is 2.13. The Bertz CT molecular complexity index is 522. The molecule has 0 spiro atoms. The van der Waals surface area contributed by atoms with Crippen LogP contribution >= 0.6 is 11.3 Å². The number of anilines is 2. The molecule has 2 heterocycles. The maximum absolute atomic E-state index is 4.23. The fourth-order valence-corrected chi connectivity index (χ4v) is 2.96. The fraction of sp³-hybridized carbons (Fsp3) is 0.357. The Morgan fingerprint density at radius 2 is 2.39 bits per heavy atom. The number of rotatable bonds is 3. The zero-order chi connectivity index (χ0) is 12.4. The summed E-state index contributed by atoms with van der Waals surface area (Å²) in [7, 11) is 2.17. The van der Waals surface area contributed by atoms with Crippen molar-refractivity contribution < 1.29 is 0 Å². The molecule has 0 aliphatic carbocycles. The molecule has 1 aromatic heterocycles. The van der Waals surface area contributed by atoms with Gasteiger partial charge in [0.15, 0.2) is 5.13 Å². The smallest absolute Gasteiger partial charge is 0.182 e. The van der Waals surface area contributed by atoms with Crippen molar-refractivity contribution in [3.8, 4) is 0 Å². The third-order valence-electron chi connectivity index (χ3n) is 3.37. The SMILES string of the molecule is CN1CCCc2cc(CNc3nccs3)ccc21. The number of aromatic nitrogens is 1. The van der Waals surface area contributed by atoms with Gasteiger partial charge in [-0.1, -0.05) is 12.1 Å². The van der Waals surface area contributed by atoms with Crippen LogP contribution in [-0.4, -0.2) is 18.6 Å².